The fraction of sp³-hybridized carbons (Fsp3) is 0.278. The van der Waals surface area contributed by atoms with Gasteiger partial charge in [0.05, 0.1) is 17.5 Å². The van der Waals surface area contributed by atoms with Gasteiger partial charge in [0.2, 0.25) is 11.9 Å². The summed E-state index contributed by atoms with van der Waals surface area (Å²) in [6.45, 7) is 1.35. The number of aromatic amines is 1. The van der Waals surface area contributed by atoms with E-state index in [9.17, 15) is 23.2 Å². The second-order valence-electron chi connectivity index (χ2n) is 6.72. The first-order chi connectivity index (χ1) is 13.6. The van der Waals surface area contributed by atoms with E-state index in [0.29, 0.717) is 16.9 Å². The number of carbonyl (C=O) groups is 1. The summed E-state index contributed by atoms with van der Waals surface area (Å²) >= 11 is 0. The fourth-order valence-corrected chi connectivity index (χ4v) is 2.62. The average Bonchev–Trinajstić information content (AvgIpc) is 3.09. The summed E-state index contributed by atoms with van der Waals surface area (Å²) in [7, 11) is 0. The normalized spacial score (nSPS) is 11.9. The highest BCUT2D eigenvalue weighted by atomic mass is 19.4. The van der Waals surface area contributed by atoms with Gasteiger partial charge < -0.3 is 15.6 Å². The van der Waals surface area contributed by atoms with E-state index in [2.05, 4.69) is 25.3 Å². The van der Waals surface area contributed by atoms with Crippen molar-refractivity contribution >= 4 is 22.9 Å². The minimum Gasteiger partial charge on any atom is -0.345 e. The van der Waals surface area contributed by atoms with Gasteiger partial charge in [-0.3, -0.25) is 4.79 Å². The Morgan fingerprint density at radius 2 is 2.07 bits per heavy atom. The van der Waals surface area contributed by atoms with Gasteiger partial charge in [-0.05, 0) is 26.0 Å². The molecular formula is C18H16F3N7O. The van der Waals surface area contributed by atoms with Crippen LogP contribution < -0.4 is 10.6 Å². The Morgan fingerprint density at radius 3 is 2.76 bits per heavy atom. The van der Waals surface area contributed by atoms with Crippen molar-refractivity contribution in [2.45, 2.75) is 25.6 Å². The molecule has 0 fully saturated rings. The monoisotopic (exact) mass is 403 g/mol. The number of fused-ring (bicyclic) bond motifs is 1. The van der Waals surface area contributed by atoms with Crippen LogP contribution in [0.25, 0.3) is 22.3 Å². The van der Waals surface area contributed by atoms with E-state index < -0.39 is 24.2 Å². The predicted molar refractivity (Wildman–Crippen MR) is 98.6 cm³/mol. The number of H-pyrrole nitrogens is 1. The number of rotatable bonds is 5. The number of alkyl halides is 3. The lowest BCUT2D eigenvalue weighted by Gasteiger charge is -2.25. The molecule has 1 amide bonds. The maximum absolute atomic E-state index is 12.4. The molecule has 0 saturated heterocycles. The van der Waals surface area contributed by atoms with Crippen LogP contribution >= 0.6 is 0 Å². The first-order valence-corrected chi connectivity index (χ1v) is 8.43. The number of nitrogens with zero attached hydrogens (tertiary/aromatic N) is 4. The van der Waals surface area contributed by atoms with Gasteiger partial charge in [0.25, 0.3) is 0 Å². The molecule has 0 aliphatic carbocycles. The fourth-order valence-electron chi connectivity index (χ4n) is 2.62. The zero-order valence-corrected chi connectivity index (χ0v) is 15.4. The number of nitrogens with one attached hydrogen (secondary N) is 3. The first-order valence-electron chi connectivity index (χ1n) is 8.43. The van der Waals surface area contributed by atoms with Gasteiger partial charge >= 0.3 is 6.18 Å². The number of nitriles is 1. The Morgan fingerprint density at radius 1 is 1.31 bits per heavy atom. The summed E-state index contributed by atoms with van der Waals surface area (Å²) in [5.74, 6) is -0.884. The average molecular weight is 403 g/mol. The van der Waals surface area contributed by atoms with E-state index in [1.54, 1.807) is 24.5 Å². The van der Waals surface area contributed by atoms with Crippen LogP contribution in [-0.2, 0) is 4.79 Å². The third kappa shape index (κ3) is 4.43. The Hall–Kier alpha value is -3.68. The van der Waals surface area contributed by atoms with E-state index in [0.717, 1.165) is 5.39 Å². The number of pyridine rings is 1. The summed E-state index contributed by atoms with van der Waals surface area (Å²) in [4.78, 5) is 27.6. The molecule has 0 bridgehead atoms. The number of aromatic nitrogens is 4. The second-order valence-corrected chi connectivity index (χ2v) is 6.72. The summed E-state index contributed by atoms with van der Waals surface area (Å²) in [6, 6.07) is 5.55. The minimum absolute atomic E-state index is 0.00982. The van der Waals surface area contributed by atoms with Crippen molar-refractivity contribution < 1.29 is 18.0 Å². The quantitative estimate of drug-likeness (QED) is 0.603. The molecule has 3 aromatic heterocycles. The van der Waals surface area contributed by atoms with Gasteiger partial charge in [-0.25, -0.2) is 15.0 Å². The topological polar surface area (TPSA) is 119 Å². The maximum atomic E-state index is 12.4. The number of carbonyl (C=O) groups excluding carboxylic acids is 1. The Labute approximate surface area is 163 Å². The smallest absolute Gasteiger partial charge is 0.345 e. The third-order valence-corrected chi connectivity index (χ3v) is 4.06. The molecule has 29 heavy (non-hydrogen) atoms. The molecule has 11 heteroatoms. The summed E-state index contributed by atoms with van der Waals surface area (Å²) in [5.41, 5.74) is 0.273. The number of halogens is 3. The molecule has 0 aromatic carbocycles. The molecule has 0 aliphatic rings. The van der Waals surface area contributed by atoms with Crippen molar-refractivity contribution in [3.8, 4) is 17.3 Å². The third-order valence-electron chi connectivity index (χ3n) is 4.06. The molecule has 3 heterocycles. The molecule has 0 unspecified atom stereocenters. The Balaban J connectivity index is 1.91. The zero-order chi connectivity index (χ0) is 21.2. The molecule has 8 nitrogen and oxygen atoms in total. The van der Waals surface area contributed by atoms with Gasteiger partial charge in [-0.2, -0.15) is 18.4 Å². The van der Waals surface area contributed by atoms with Gasteiger partial charge in [0.1, 0.15) is 23.8 Å². The van der Waals surface area contributed by atoms with Crippen LogP contribution in [-0.4, -0.2) is 44.1 Å². The molecule has 0 aliphatic heterocycles. The van der Waals surface area contributed by atoms with Crippen molar-refractivity contribution in [1.82, 2.24) is 25.3 Å². The number of anilines is 1. The molecular weight excluding hydrogens is 387 g/mol. The highest BCUT2D eigenvalue weighted by Gasteiger charge is 2.33. The van der Waals surface area contributed by atoms with Crippen LogP contribution in [0.5, 0.6) is 0 Å². The standard InChI is InChI=1S/C18H16F3N7O/c1-17(2,15(29)26-9-18(19,20)21)28-16-25-7-10(6-22)13(27-16)12-8-24-14-11(12)4-3-5-23-14/h3-5,7-8H,9H2,1-2H3,(H,23,24)(H,26,29)(H,25,27,28). The van der Waals surface area contributed by atoms with Crippen LogP contribution in [0.15, 0.2) is 30.7 Å². The van der Waals surface area contributed by atoms with Crippen molar-refractivity contribution in [1.29, 1.82) is 5.26 Å². The van der Waals surface area contributed by atoms with Crippen molar-refractivity contribution in [3.05, 3.63) is 36.3 Å². The number of hydrogen-bond acceptors (Lipinski definition) is 6. The maximum Gasteiger partial charge on any atom is 0.405 e. The minimum atomic E-state index is -4.52. The van der Waals surface area contributed by atoms with E-state index >= 15 is 0 Å². The molecule has 3 N–H and O–H groups in total. The van der Waals surface area contributed by atoms with E-state index in [-0.39, 0.29) is 11.5 Å². The number of hydrogen-bond donors (Lipinski definition) is 3. The van der Waals surface area contributed by atoms with Gasteiger partial charge in [-0.1, -0.05) is 0 Å². The zero-order valence-electron chi connectivity index (χ0n) is 15.4. The van der Waals surface area contributed by atoms with Crippen LogP contribution in [0.1, 0.15) is 19.4 Å². The van der Waals surface area contributed by atoms with Crippen molar-refractivity contribution in [2.24, 2.45) is 0 Å². The largest absolute Gasteiger partial charge is 0.405 e. The second kappa shape index (κ2) is 7.38. The van der Waals surface area contributed by atoms with Gasteiger partial charge in [-0.15, -0.1) is 0 Å². The van der Waals surface area contributed by atoms with E-state index in [1.807, 2.05) is 11.4 Å². The summed E-state index contributed by atoms with van der Waals surface area (Å²) in [6.07, 6.45) is 0.0193. The summed E-state index contributed by atoms with van der Waals surface area (Å²) < 4.78 is 37.1. The van der Waals surface area contributed by atoms with Gasteiger partial charge in [0.15, 0.2) is 0 Å². The molecule has 0 atom stereocenters. The van der Waals surface area contributed by atoms with Crippen LogP contribution in [0, 0.1) is 11.3 Å². The molecule has 0 spiro atoms. The SMILES string of the molecule is CC(C)(Nc1ncc(C#N)c(-c2c[nH]c3ncccc23)n1)C(=O)NCC(F)(F)F. The molecule has 0 saturated carbocycles. The lowest BCUT2D eigenvalue weighted by molar-refractivity contribution is -0.140. The van der Waals surface area contributed by atoms with E-state index in [4.69, 9.17) is 0 Å². The van der Waals surface area contributed by atoms with Crippen molar-refractivity contribution in [3.63, 3.8) is 0 Å². The molecule has 3 aromatic rings. The highest BCUT2D eigenvalue weighted by molar-refractivity contribution is 5.94. The molecule has 150 valence electrons. The predicted octanol–water partition coefficient (Wildman–Crippen LogP) is 2.76. The van der Waals surface area contributed by atoms with Crippen LogP contribution in [0.3, 0.4) is 0 Å². The van der Waals surface area contributed by atoms with Crippen LogP contribution in [0.2, 0.25) is 0 Å². The van der Waals surface area contributed by atoms with Crippen LogP contribution in [0.4, 0.5) is 19.1 Å². The van der Waals surface area contributed by atoms with Crippen molar-refractivity contribution in [2.75, 3.05) is 11.9 Å². The number of amides is 1. The Kier molecular flexibility index (Phi) is 5.11. The lowest BCUT2D eigenvalue weighted by atomic mass is 10.0. The Bertz CT molecular complexity index is 1100. The first kappa shape index (κ1) is 20.1. The van der Waals surface area contributed by atoms with E-state index in [1.165, 1.54) is 20.0 Å². The highest BCUT2D eigenvalue weighted by Crippen LogP contribution is 2.29. The van der Waals surface area contributed by atoms with Gasteiger partial charge in [0, 0.05) is 23.3 Å². The lowest BCUT2D eigenvalue weighted by Crippen LogP contribution is -2.50. The molecule has 0 radical (unpaired) electrons. The summed E-state index contributed by atoms with van der Waals surface area (Å²) in [5, 5.41) is 14.7. The molecule has 3 rings (SSSR count).